The number of furan rings is 1. The fraction of sp³-hybridized carbons (Fsp3) is 0.321. The van der Waals surface area contributed by atoms with Crippen LogP contribution in [0.3, 0.4) is 0 Å². The number of amides is 2. The number of aryl methyl sites for hydroxylation is 1. The molecule has 1 aromatic heterocycles. The SMILES string of the molecule is Cc1cccc(OCC(=O)c2ccc3c(c2)N(Cc2ccc(C(=O)NCC4CCCO4)o2)C(=O)CO3)c1. The maximum Gasteiger partial charge on any atom is 0.287 e. The fourth-order valence-corrected chi connectivity index (χ4v) is 4.33. The summed E-state index contributed by atoms with van der Waals surface area (Å²) in [5.74, 6) is 0.835. The van der Waals surface area contributed by atoms with E-state index < -0.39 is 0 Å². The number of hydrogen-bond acceptors (Lipinski definition) is 7. The van der Waals surface area contributed by atoms with Gasteiger partial charge in [-0.25, -0.2) is 0 Å². The van der Waals surface area contributed by atoms with Crippen molar-refractivity contribution < 1.29 is 33.0 Å². The van der Waals surface area contributed by atoms with Crippen LogP contribution in [-0.4, -0.2) is 50.1 Å². The first-order valence-corrected chi connectivity index (χ1v) is 12.2. The molecule has 9 heteroatoms. The number of carbonyl (C=O) groups is 3. The Kier molecular flexibility index (Phi) is 7.23. The molecular formula is C28H28N2O7. The average Bonchev–Trinajstić information content (AvgIpc) is 3.60. The number of nitrogens with one attached hydrogen (secondary N) is 1. The van der Waals surface area contributed by atoms with Crippen molar-refractivity contribution in [2.24, 2.45) is 0 Å². The largest absolute Gasteiger partial charge is 0.485 e. The first-order valence-electron chi connectivity index (χ1n) is 12.2. The number of rotatable bonds is 9. The van der Waals surface area contributed by atoms with Gasteiger partial charge < -0.3 is 23.9 Å². The van der Waals surface area contributed by atoms with Gasteiger partial charge in [0.25, 0.3) is 11.8 Å². The first-order chi connectivity index (χ1) is 18.0. The van der Waals surface area contributed by atoms with Crippen LogP contribution in [0.4, 0.5) is 5.69 Å². The normalized spacial score (nSPS) is 16.7. The lowest BCUT2D eigenvalue weighted by atomic mass is 10.1. The molecule has 2 aromatic carbocycles. The van der Waals surface area contributed by atoms with Gasteiger partial charge in [-0.05, 0) is 67.8 Å². The number of ether oxygens (including phenoxy) is 3. The van der Waals surface area contributed by atoms with Crippen molar-refractivity contribution in [1.29, 1.82) is 0 Å². The second-order valence-electron chi connectivity index (χ2n) is 9.09. The summed E-state index contributed by atoms with van der Waals surface area (Å²) in [5, 5.41) is 2.82. The molecule has 3 aromatic rings. The van der Waals surface area contributed by atoms with Crippen molar-refractivity contribution in [2.75, 3.05) is 31.3 Å². The molecule has 1 saturated heterocycles. The van der Waals surface area contributed by atoms with Gasteiger partial charge in [-0.1, -0.05) is 12.1 Å². The number of benzene rings is 2. The molecule has 9 nitrogen and oxygen atoms in total. The highest BCUT2D eigenvalue weighted by atomic mass is 16.5. The van der Waals surface area contributed by atoms with Crippen molar-refractivity contribution in [3.63, 3.8) is 0 Å². The third kappa shape index (κ3) is 5.83. The molecule has 1 unspecified atom stereocenters. The molecular weight excluding hydrogens is 476 g/mol. The van der Waals surface area contributed by atoms with Gasteiger partial charge in [-0.15, -0.1) is 0 Å². The predicted molar refractivity (Wildman–Crippen MR) is 134 cm³/mol. The summed E-state index contributed by atoms with van der Waals surface area (Å²) < 4.78 is 22.5. The molecule has 0 spiro atoms. The summed E-state index contributed by atoms with van der Waals surface area (Å²) in [6.45, 7) is 2.91. The van der Waals surface area contributed by atoms with Gasteiger partial charge in [0.15, 0.2) is 24.8 Å². The van der Waals surface area contributed by atoms with Gasteiger partial charge in [0.1, 0.15) is 17.3 Å². The van der Waals surface area contributed by atoms with Gasteiger partial charge in [-0.2, -0.15) is 0 Å². The summed E-state index contributed by atoms with van der Waals surface area (Å²) in [6, 6.07) is 15.6. The van der Waals surface area contributed by atoms with Crippen molar-refractivity contribution in [1.82, 2.24) is 5.32 Å². The Hall–Kier alpha value is -4.11. The van der Waals surface area contributed by atoms with Crippen LogP contribution in [0.5, 0.6) is 11.5 Å². The maximum atomic E-state index is 12.8. The highest BCUT2D eigenvalue weighted by Gasteiger charge is 2.28. The van der Waals surface area contributed by atoms with E-state index in [9.17, 15) is 14.4 Å². The molecule has 37 heavy (non-hydrogen) atoms. The predicted octanol–water partition coefficient (Wildman–Crippen LogP) is 3.68. The first kappa shape index (κ1) is 24.6. The van der Waals surface area contributed by atoms with Crippen molar-refractivity contribution >= 4 is 23.3 Å². The topological polar surface area (TPSA) is 107 Å². The van der Waals surface area contributed by atoms with Crippen LogP contribution < -0.4 is 19.7 Å². The molecule has 1 N–H and O–H groups in total. The molecule has 1 fully saturated rings. The van der Waals surface area contributed by atoms with Gasteiger partial charge in [0.05, 0.1) is 18.3 Å². The van der Waals surface area contributed by atoms with Crippen LogP contribution in [0.1, 0.15) is 45.1 Å². The van der Waals surface area contributed by atoms with Crippen LogP contribution in [0.25, 0.3) is 0 Å². The number of Topliss-reactive ketones (excluding diaryl/α,β-unsaturated/α-hetero) is 1. The summed E-state index contributed by atoms with van der Waals surface area (Å²) in [6.07, 6.45) is 1.94. The minimum atomic E-state index is -0.336. The Labute approximate surface area is 214 Å². The zero-order valence-corrected chi connectivity index (χ0v) is 20.5. The van der Waals surface area contributed by atoms with Gasteiger partial charge in [0.2, 0.25) is 0 Å². The van der Waals surface area contributed by atoms with E-state index in [1.54, 1.807) is 36.4 Å². The van der Waals surface area contributed by atoms with Crippen LogP contribution in [0.2, 0.25) is 0 Å². The Morgan fingerprint density at radius 2 is 2.03 bits per heavy atom. The van der Waals surface area contributed by atoms with Crippen LogP contribution >= 0.6 is 0 Å². The van der Waals surface area contributed by atoms with E-state index in [0.717, 1.165) is 18.4 Å². The number of ketones is 1. The molecule has 2 aliphatic rings. The van der Waals surface area contributed by atoms with Gasteiger partial charge in [0, 0.05) is 18.7 Å². The number of nitrogens with zero attached hydrogens (tertiary/aromatic N) is 1. The molecule has 5 rings (SSSR count). The molecule has 0 saturated carbocycles. The van der Waals surface area contributed by atoms with E-state index in [1.165, 1.54) is 4.90 Å². The smallest absolute Gasteiger partial charge is 0.287 e. The fourth-order valence-electron chi connectivity index (χ4n) is 4.33. The summed E-state index contributed by atoms with van der Waals surface area (Å²) in [7, 11) is 0. The molecule has 192 valence electrons. The van der Waals surface area contributed by atoms with E-state index in [2.05, 4.69) is 5.32 Å². The van der Waals surface area contributed by atoms with E-state index >= 15 is 0 Å². The molecule has 0 aliphatic carbocycles. The highest BCUT2D eigenvalue weighted by molar-refractivity contribution is 6.02. The second-order valence-corrected chi connectivity index (χ2v) is 9.09. The van der Waals surface area contributed by atoms with Crippen LogP contribution in [0.15, 0.2) is 59.0 Å². The minimum Gasteiger partial charge on any atom is -0.485 e. The lowest BCUT2D eigenvalue weighted by Gasteiger charge is -2.29. The maximum absolute atomic E-state index is 12.8. The molecule has 3 heterocycles. The summed E-state index contributed by atoms with van der Waals surface area (Å²) >= 11 is 0. The Morgan fingerprint density at radius 3 is 2.84 bits per heavy atom. The second kappa shape index (κ2) is 10.9. The monoisotopic (exact) mass is 504 g/mol. The molecule has 1 atom stereocenters. The summed E-state index contributed by atoms with van der Waals surface area (Å²) in [5.41, 5.74) is 1.88. The molecule has 2 amide bonds. The number of fused-ring (bicyclic) bond motifs is 1. The Morgan fingerprint density at radius 1 is 1.14 bits per heavy atom. The number of carbonyl (C=O) groups excluding carboxylic acids is 3. The summed E-state index contributed by atoms with van der Waals surface area (Å²) in [4.78, 5) is 39.5. The zero-order chi connectivity index (χ0) is 25.8. The quantitative estimate of drug-likeness (QED) is 0.443. The lowest BCUT2D eigenvalue weighted by Crippen LogP contribution is -2.38. The molecule has 0 radical (unpaired) electrons. The minimum absolute atomic E-state index is 0.0278. The molecule has 2 aliphatic heterocycles. The van der Waals surface area contributed by atoms with Crippen LogP contribution in [-0.2, 0) is 16.1 Å². The van der Waals surface area contributed by atoms with E-state index in [-0.39, 0.29) is 49.2 Å². The average molecular weight is 505 g/mol. The van der Waals surface area contributed by atoms with Crippen LogP contribution in [0, 0.1) is 6.92 Å². The lowest BCUT2D eigenvalue weighted by molar-refractivity contribution is -0.121. The van der Waals surface area contributed by atoms with E-state index in [0.29, 0.717) is 41.7 Å². The zero-order valence-electron chi connectivity index (χ0n) is 20.5. The Bertz CT molecular complexity index is 1310. The van der Waals surface area contributed by atoms with E-state index in [1.807, 2.05) is 25.1 Å². The Balaban J connectivity index is 1.26. The highest BCUT2D eigenvalue weighted by Crippen LogP contribution is 2.34. The number of hydrogen-bond donors (Lipinski definition) is 1. The third-order valence-electron chi connectivity index (χ3n) is 6.30. The van der Waals surface area contributed by atoms with Crippen molar-refractivity contribution in [3.8, 4) is 11.5 Å². The molecule has 0 bridgehead atoms. The van der Waals surface area contributed by atoms with Crippen molar-refractivity contribution in [2.45, 2.75) is 32.4 Å². The van der Waals surface area contributed by atoms with E-state index in [4.69, 9.17) is 18.6 Å². The third-order valence-corrected chi connectivity index (χ3v) is 6.30. The number of anilines is 1. The standard InChI is InChI=1S/C28H28N2O7/c1-18-4-2-5-20(12-18)35-16-24(31)19-7-9-25-23(13-19)30(27(32)17-36-25)15-22-8-10-26(37-22)28(33)29-14-21-6-3-11-34-21/h2,4-5,7-10,12-13,21H,3,6,11,14-17H2,1H3,(H,29,33). The van der Waals surface area contributed by atoms with Gasteiger partial charge in [-0.3, -0.25) is 19.3 Å². The van der Waals surface area contributed by atoms with Gasteiger partial charge >= 0.3 is 0 Å². The van der Waals surface area contributed by atoms with Crippen molar-refractivity contribution in [3.05, 3.63) is 77.2 Å².